The summed E-state index contributed by atoms with van der Waals surface area (Å²) < 4.78 is 60.8. The van der Waals surface area contributed by atoms with Crippen molar-refractivity contribution in [3.05, 3.63) is 0 Å². The summed E-state index contributed by atoms with van der Waals surface area (Å²) in [7, 11) is -5.64. The molecule has 6 unspecified atom stereocenters. The molecule has 4 saturated carbocycles. The standard InChI is InChI=1S/C15H22F2O6S/c1-2-14(19)10-4-8-3-9(6-10)12(11(14)5-8)13(18)23-7-15(16,17)24(20,21)22/h8-12,19H,2-7H2,1H3,(H,20,21,22). The summed E-state index contributed by atoms with van der Waals surface area (Å²) in [6.07, 6.45) is 3.53. The maximum absolute atomic E-state index is 13.3. The maximum atomic E-state index is 13.3. The molecule has 0 spiro atoms. The number of hydrogen-bond acceptors (Lipinski definition) is 5. The number of ether oxygens (including phenoxy) is 1. The van der Waals surface area contributed by atoms with Crippen LogP contribution in [0.4, 0.5) is 8.78 Å². The summed E-state index contributed by atoms with van der Waals surface area (Å²) >= 11 is 0. The molecule has 24 heavy (non-hydrogen) atoms. The van der Waals surface area contributed by atoms with Gasteiger partial charge in [-0.1, -0.05) is 6.92 Å². The van der Waals surface area contributed by atoms with Gasteiger partial charge in [0.15, 0.2) is 6.61 Å². The van der Waals surface area contributed by atoms with E-state index >= 15 is 0 Å². The molecule has 0 aromatic heterocycles. The molecule has 0 amide bonds. The fourth-order valence-electron chi connectivity index (χ4n) is 5.26. The minimum Gasteiger partial charge on any atom is -0.458 e. The summed E-state index contributed by atoms with van der Waals surface area (Å²) in [5.41, 5.74) is -0.997. The van der Waals surface area contributed by atoms with Crippen molar-refractivity contribution in [3.63, 3.8) is 0 Å². The van der Waals surface area contributed by atoms with E-state index in [0.29, 0.717) is 25.2 Å². The zero-order chi connectivity index (χ0) is 17.9. The third kappa shape index (κ3) is 2.64. The molecule has 2 N–H and O–H groups in total. The van der Waals surface area contributed by atoms with Gasteiger partial charge in [0.25, 0.3) is 0 Å². The smallest absolute Gasteiger partial charge is 0.402 e. The molecule has 138 valence electrons. The fraction of sp³-hybridized carbons (Fsp3) is 0.933. The van der Waals surface area contributed by atoms with Gasteiger partial charge in [-0.15, -0.1) is 0 Å². The molecule has 4 fully saturated rings. The molecule has 0 aromatic rings. The Kier molecular flexibility index (Phi) is 4.20. The Morgan fingerprint density at radius 1 is 1.29 bits per heavy atom. The lowest BCUT2D eigenvalue weighted by Crippen LogP contribution is -2.63. The third-order valence-corrected chi connectivity index (χ3v) is 7.19. The van der Waals surface area contributed by atoms with Gasteiger partial charge >= 0.3 is 21.3 Å². The van der Waals surface area contributed by atoms with Crippen LogP contribution in [0.15, 0.2) is 0 Å². The van der Waals surface area contributed by atoms with Crippen LogP contribution in [0.25, 0.3) is 0 Å². The highest BCUT2D eigenvalue weighted by molar-refractivity contribution is 7.86. The van der Waals surface area contributed by atoms with Crippen LogP contribution >= 0.6 is 0 Å². The first kappa shape index (κ1) is 18.0. The van der Waals surface area contributed by atoms with Crippen LogP contribution in [-0.2, 0) is 19.6 Å². The molecule has 0 aromatic carbocycles. The van der Waals surface area contributed by atoms with Gasteiger partial charge in [-0.2, -0.15) is 17.2 Å². The highest BCUT2D eigenvalue weighted by atomic mass is 32.2. The molecule has 0 radical (unpaired) electrons. The van der Waals surface area contributed by atoms with E-state index in [4.69, 9.17) is 4.55 Å². The maximum Gasteiger partial charge on any atom is 0.402 e. The summed E-state index contributed by atoms with van der Waals surface area (Å²) in [5, 5.41) is 6.45. The Labute approximate surface area is 139 Å². The second-order valence-corrected chi connectivity index (χ2v) is 9.01. The third-order valence-electron chi connectivity index (χ3n) is 6.32. The van der Waals surface area contributed by atoms with Gasteiger partial charge in [0.05, 0.1) is 11.5 Å². The summed E-state index contributed by atoms with van der Waals surface area (Å²) in [6, 6.07) is 0. The average molecular weight is 368 g/mol. The summed E-state index contributed by atoms with van der Waals surface area (Å²) in [4.78, 5) is 12.4. The van der Waals surface area contributed by atoms with Gasteiger partial charge in [-0.3, -0.25) is 9.35 Å². The van der Waals surface area contributed by atoms with Crippen molar-refractivity contribution in [2.75, 3.05) is 6.61 Å². The molecule has 9 heteroatoms. The van der Waals surface area contributed by atoms with Crippen molar-refractivity contribution in [1.29, 1.82) is 0 Å². The first-order valence-electron chi connectivity index (χ1n) is 8.23. The number of hydrogen-bond donors (Lipinski definition) is 2. The minimum atomic E-state index is -5.64. The molecule has 0 aliphatic heterocycles. The number of alkyl halides is 2. The lowest BCUT2D eigenvalue weighted by Gasteiger charge is -2.61. The molecular formula is C15H22F2O6S. The van der Waals surface area contributed by atoms with E-state index in [-0.39, 0.29) is 17.8 Å². The van der Waals surface area contributed by atoms with Crippen molar-refractivity contribution in [2.45, 2.75) is 49.9 Å². The predicted molar refractivity (Wildman–Crippen MR) is 78.6 cm³/mol. The van der Waals surface area contributed by atoms with E-state index in [2.05, 4.69) is 4.74 Å². The monoisotopic (exact) mass is 368 g/mol. The molecule has 4 aliphatic carbocycles. The van der Waals surface area contributed by atoms with Gasteiger partial charge in [-0.25, -0.2) is 0 Å². The largest absolute Gasteiger partial charge is 0.458 e. The fourth-order valence-corrected chi connectivity index (χ4v) is 5.47. The first-order chi connectivity index (χ1) is 11.0. The number of carbonyl (C=O) groups excluding carboxylic acids is 1. The summed E-state index contributed by atoms with van der Waals surface area (Å²) in [5.74, 6) is -1.40. The van der Waals surface area contributed by atoms with Crippen molar-refractivity contribution >= 4 is 16.1 Å². The minimum absolute atomic E-state index is 0.0221. The zero-order valence-corrected chi connectivity index (χ0v) is 14.1. The van der Waals surface area contributed by atoms with Gasteiger partial charge in [0.2, 0.25) is 0 Å². The number of rotatable bonds is 5. The Balaban J connectivity index is 1.76. The second-order valence-electron chi connectivity index (χ2n) is 7.46. The number of esters is 1. The Morgan fingerprint density at radius 2 is 1.96 bits per heavy atom. The van der Waals surface area contributed by atoms with E-state index in [0.717, 1.165) is 12.8 Å². The van der Waals surface area contributed by atoms with Gasteiger partial charge in [0.1, 0.15) is 0 Å². The SMILES string of the molecule is CCC1(O)C2CC3CC(C2)C(C(=O)OCC(F)(F)S(=O)(=O)O)C1C3. The van der Waals surface area contributed by atoms with Crippen molar-refractivity contribution < 1.29 is 36.4 Å². The Morgan fingerprint density at radius 3 is 2.54 bits per heavy atom. The van der Waals surface area contributed by atoms with Crippen LogP contribution in [0.1, 0.15) is 39.0 Å². The van der Waals surface area contributed by atoms with Crippen LogP contribution in [0, 0.1) is 29.6 Å². The molecule has 4 rings (SSSR count). The molecule has 6 nitrogen and oxygen atoms in total. The topological polar surface area (TPSA) is 101 Å². The van der Waals surface area contributed by atoms with E-state index in [1.807, 2.05) is 6.92 Å². The van der Waals surface area contributed by atoms with E-state index in [9.17, 15) is 27.1 Å². The molecule has 0 saturated heterocycles. The zero-order valence-electron chi connectivity index (χ0n) is 13.3. The quantitative estimate of drug-likeness (QED) is 0.567. The number of carbonyl (C=O) groups is 1. The van der Waals surface area contributed by atoms with Crippen molar-refractivity contribution in [2.24, 2.45) is 29.6 Å². The molecule has 0 heterocycles. The molecule has 6 atom stereocenters. The second kappa shape index (κ2) is 5.60. The molecule has 4 bridgehead atoms. The van der Waals surface area contributed by atoms with Crippen LogP contribution < -0.4 is 0 Å². The van der Waals surface area contributed by atoms with Crippen LogP contribution in [0.2, 0.25) is 0 Å². The summed E-state index contributed by atoms with van der Waals surface area (Å²) in [6.45, 7) is 0.134. The van der Waals surface area contributed by atoms with E-state index in [1.54, 1.807) is 0 Å². The molecule has 4 aliphatic rings. The predicted octanol–water partition coefficient (Wildman–Crippen LogP) is 1.83. The van der Waals surface area contributed by atoms with Crippen LogP contribution in [0.3, 0.4) is 0 Å². The van der Waals surface area contributed by atoms with Crippen LogP contribution in [-0.4, -0.2) is 41.5 Å². The van der Waals surface area contributed by atoms with Crippen molar-refractivity contribution in [3.8, 4) is 0 Å². The highest BCUT2D eigenvalue weighted by Crippen LogP contribution is 2.61. The Bertz CT molecular complexity index is 636. The van der Waals surface area contributed by atoms with Gasteiger partial charge in [0, 0.05) is 5.92 Å². The highest BCUT2D eigenvalue weighted by Gasteiger charge is 2.62. The number of aliphatic hydroxyl groups is 1. The normalized spacial score (nSPS) is 41.5. The van der Waals surface area contributed by atoms with Crippen LogP contribution in [0.5, 0.6) is 0 Å². The van der Waals surface area contributed by atoms with Gasteiger partial charge < -0.3 is 9.84 Å². The lowest BCUT2D eigenvalue weighted by atomic mass is 9.45. The Hall–Kier alpha value is -0.800. The van der Waals surface area contributed by atoms with E-state index in [1.165, 1.54) is 0 Å². The lowest BCUT2D eigenvalue weighted by molar-refractivity contribution is -0.215. The van der Waals surface area contributed by atoms with Crippen molar-refractivity contribution in [1.82, 2.24) is 0 Å². The molecular weight excluding hydrogens is 346 g/mol. The van der Waals surface area contributed by atoms with Gasteiger partial charge in [-0.05, 0) is 49.9 Å². The first-order valence-corrected chi connectivity index (χ1v) is 9.67. The average Bonchev–Trinajstić information content (AvgIpc) is 2.48. The van der Waals surface area contributed by atoms with E-state index < -0.39 is 39.5 Å². The number of halogens is 2.